The summed E-state index contributed by atoms with van der Waals surface area (Å²) in [6.07, 6.45) is 1.17. The van der Waals surface area contributed by atoms with Crippen molar-refractivity contribution in [1.29, 1.82) is 0 Å². The molecule has 1 heterocycles. The minimum atomic E-state index is -1.14. The van der Waals surface area contributed by atoms with Crippen molar-refractivity contribution in [2.45, 2.75) is 0 Å². The molecule has 5 nitrogen and oxygen atoms in total. The lowest BCUT2D eigenvalue weighted by Gasteiger charge is -2.05. The number of carboxylic acids is 1. The first kappa shape index (κ1) is 10.5. The standard InChI is InChI=1S/C10H7ClN2O3/c11-6-2-1-3-7(14)8(6)9-5(10(15)16)4-12-13-9/h1-4,14H,(H,12,13)(H,15,16). The average Bonchev–Trinajstić information content (AvgIpc) is 2.66. The summed E-state index contributed by atoms with van der Waals surface area (Å²) in [4.78, 5) is 10.9. The number of carbonyl (C=O) groups is 1. The number of aromatic nitrogens is 2. The predicted octanol–water partition coefficient (Wildman–Crippen LogP) is 2.13. The Labute approximate surface area is 95.3 Å². The number of aromatic carboxylic acids is 1. The molecule has 0 aliphatic heterocycles. The Morgan fingerprint density at radius 3 is 2.81 bits per heavy atom. The van der Waals surface area contributed by atoms with Gasteiger partial charge in [0.25, 0.3) is 0 Å². The van der Waals surface area contributed by atoms with Crippen molar-refractivity contribution >= 4 is 17.6 Å². The van der Waals surface area contributed by atoms with Crippen LogP contribution in [-0.4, -0.2) is 26.4 Å². The molecule has 0 atom stereocenters. The van der Waals surface area contributed by atoms with Gasteiger partial charge in [0, 0.05) is 0 Å². The highest BCUT2D eigenvalue weighted by Gasteiger charge is 2.18. The number of halogens is 1. The van der Waals surface area contributed by atoms with Gasteiger partial charge >= 0.3 is 5.97 Å². The Hall–Kier alpha value is -2.01. The van der Waals surface area contributed by atoms with Crippen LogP contribution in [0.5, 0.6) is 5.75 Å². The van der Waals surface area contributed by atoms with Crippen LogP contribution in [0.1, 0.15) is 10.4 Å². The van der Waals surface area contributed by atoms with Crippen molar-refractivity contribution in [3.63, 3.8) is 0 Å². The number of phenolic OH excluding ortho intramolecular Hbond substituents is 1. The molecule has 0 bridgehead atoms. The number of hydrogen-bond donors (Lipinski definition) is 3. The van der Waals surface area contributed by atoms with Gasteiger partial charge in [0.1, 0.15) is 11.3 Å². The monoisotopic (exact) mass is 238 g/mol. The number of phenols is 1. The Morgan fingerprint density at radius 2 is 2.19 bits per heavy atom. The lowest BCUT2D eigenvalue weighted by Crippen LogP contribution is -1.97. The molecule has 0 unspecified atom stereocenters. The summed E-state index contributed by atoms with van der Waals surface area (Å²) in [5.41, 5.74) is 0.387. The zero-order valence-corrected chi connectivity index (χ0v) is 8.69. The third-order valence-corrected chi connectivity index (χ3v) is 2.43. The smallest absolute Gasteiger partial charge is 0.339 e. The molecule has 1 aromatic carbocycles. The summed E-state index contributed by atoms with van der Waals surface area (Å²) in [7, 11) is 0. The maximum Gasteiger partial charge on any atom is 0.339 e. The minimum Gasteiger partial charge on any atom is -0.507 e. The molecule has 16 heavy (non-hydrogen) atoms. The second-order valence-corrected chi connectivity index (χ2v) is 3.50. The van der Waals surface area contributed by atoms with E-state index in [-0.39, 0.29) is 27.6 Å². The lowest BCUT2D eigenvalue weighted by molar-refractivity contribution is 0.0698. The van der Waals surface area contributed by atoms with Gasteiger partial charge in [-0.25, -0.2) is 4.79 Å². The van der Waals surface area contributed by atoms with Crippen molar-refractivity contribution in [3.05, 3.63) is 35.0 Å². The highest BCUT2D eigenvalue weighted by atomic mass is 35.5. The van der Waals surface area contributed by atoms with Crippen LogP contribution in [0.3, 0.4) is 0 Å². The van der Waals surface area contributed by atoms with Crippen LogP contribution in [0.15, 0.2) is 24.4 Å². The Balaban J connectivity index is 2.68. The summed E-state index contributed by atoms with van der Waals surface area (Å²) in [5, 5.41) is 24.9. The number of rotatable bonds is 2. The molecule has 6 heteroatoms. The summed E-state index contributed by atoms with van der Waals surface area (Å²) in [5.74, 6) is -1.23. The van der Waals surface area contributed by atoms with Gasteiger partial charge in [-0.1, -0.05) is 17.7 Å². The van der Waals surface area contributed by atoms with E-state index in [2.05, 4.69) is 10.2 Å². The number of carboxylic acid groups (broad SMARTS) is 1. The van der Waals surface area contributed by atoms with Gasteiger partial charge in [0.05, 0.1) is 22.5 Å². The largest absolute Gasteiger partial charge is 0.507 e. The minimum absolute atomic E-state index is 0.0385. The average molecular weight is 239 g/mol. The molecule has 2 rings (SSSR count). The number of nitrogens with zero attached hydrogens (tertiary/aromatic N) is 1. The first-order valence-corrected chi connectivity index (χ1v) is 4.73. The molecular formula is C10H7ClN2O3. The normalized spacial score (nSPS) is 10.3. The zero-order chi connectivity index (χ0) is 11.7. The number of aromatic amines is 1. The maximum absolute atomic E-state index is 10.9. The van der Waals surface area contributed by atoms with Crippen molar-refractivity contribution in [2.24, 2.45) is 0 Å². The number of aromatic hydroxyl groups is 1. The van der Waals surface area contributed by atoms with Gasteiger partial charge in [-0.3, -0.25) is 5.10 Å². The van der Waals surface area contributed by atoms with Gasteiger partial charge in [0.2, 0.25) is 0 Å². The van der Waals surface area contributed by atoms with E-state index < -0.39 is 5.97 Å². The van der Waals surface area contributed by atoms with Crippen LogP contribution in [0.4, 0.5) is 0 Å². The quantitative estimate of drug-likeness (QED) is 0.748. The summed E-state index contributed by atoms with van der Waals surface area (Å²) in [6.45, 7) is 0. The Kier molecular flexibility index (Phi) is 2.54. The van der Waals surface area contributed by atoms with E-state index in [0.717, 1.165) is 0 Å². The van der Waals surface area contributed by atoms with Crippen molar-refractivity contribution in [2.75, 3.05) is 0 Å². The fraction of sp³-hybridized carbons (Fsp3) is 0. The second kappa shape index (κ2) is 3.86. The first-order chi connectivity index (χ1) is 7.61. The second-order valence-electron chi connectivity index (χ2n) is 3.10. The molecule has 0 amide bonds. The van der Waals surface area contributed by atoms with E-state index in [9.17, 15) is 9.90 Å². The van der Waals surface area contributed by atoms with Crippen LogP contribution < -0.4 is 0 Å². The van der Waals surface area contributed by atoms with Gasteiger partial charge in [-0.2, -0.15) is 5.10 Å². The number of benzene rings is 1. The van der Waals surface area contributed by atoms with Gasteiger partial charge < -0.3 is 10.2 Å². The van der Waals surface area contributed by atoms with Crippen LogP contribution in [0.2, 0.25) is 5.02 Å². The fourth-order valence-corrected chi connectivity index (χ4v) is 1.66. The van der Waals surface area contributed by atoms with Crippen molar-refractivity contribution < 1.29 is 15.0 Å². The van der Waals surface area contributed by atoms with Gasteiger partial charge in [-0.15, -0.1) is 0 Å². The van der Waals surface area contributed by atoms with Crippen LogP contribution in [-0.2, 0) is 0 Å². The molecule has 82 valence electrons. The molecule has 1 aromatic heterocycles. The van der Waals surface area contributed by atoms with E-state index >= 15 is 0 Å². The van der Waals surface area contributed by atoms with Crippen LogP contribution >= 0.6 is 11.6 Å². The summed E-state index contributed by atoms with van der Waals surface area (Å²) >= 11 is 5.90. The summed E-state index contributed by atoms with van der Waals surface area (Å²) in [6, 6.07) is 4.55. The molecule has 0 spiro atoms. The van der Waals surface area contributed by atoms with Gasteiger partial charge in [-0.05, 0) is 12.1 Å². The van der Waals surface area contributed by atoms with Crippen molar-refractivity contribution in [1.82, 2.24) is 10.2 Å². The van der Waals surface area contributed by atoms with E-state index in [1.807, 2.05) is 0 Å². The highest BCUT2D eigenvalue weighted by Crippen LogP contribution is 2.35. The molecular weight excluding hydrogens is 232 g/mol. The third-order valence-electron chi connectivity index (χ3n) is 2.11. The molecule has 0 saturated heterocycles. The van der Waals surface area contributed by atoms with Crippen molar-refractivity contribution in [3.8, 4) is 17.0 Å². The number of hydrogen-bond acceptors (Lipinski definition) is 3. The number of nitrogens with one attached hydrogen (secondary N) is 1. The molecule has 0 radical (unpaired) electrons. The van der Waals surface area contributed by atoms with E-state index in [1.54, 1.807) is 12.1 Å². The molecule has 3 N–H and O–H groups in total. The Bertz CT molecular complexity index is 530. The predicted molar refractivity (Wildman–Crippen MR) is 57.7 cm³/mol. The molecule has 0 aliphatic carbocycles. The Morgan fingerprint density at radius 1 is 1.44 bits per heavy atom. The number of H-pyrrole nitrogens is 1. The topological polar surface area (TPSA) is 86.2 Å². The highest BCUT2D eigenvalue weighted by molar-refractivity contribution is 6.33. The zero-order valence-electron chi connectivity index (χ0n) is 7.94. The first-order valence-electron chi connectivity index (χ1n) is 4.35. The summed E-state index contributed by atoms with van der Waals surface area (Å²) < 4.78 is 0. The van der Waals surface area contributed by atoms with E-state index in [1.165, 1.54) is 12.3 Å². The molecule has 2 aromatic rings. The molecule has 0 aliphatic rings. The van der Waals surface area contributed by atoms with E-state index in [4.69, 9.17) is 16.7 Å². The van der Waals surface area contributed by atoms with Gasteiger partial charge in [0.15, 0.2) is 0 Å². The maximum atomic E-state index is 10.9. The SMILES string of the molecule is O=C(O)c1cn[nH]c1-c1c(O)cccc1Cl. The molecule has 0 fully saturated rings. The van der Waals surface area contributed by atoms with E-state index in [0.29, 0.717) is 0 Å². The van der Waals surface area contributed by atoms with Crippen LogP contribution in [0.25, 0.3) is 11.3 Å². The molecule has 0 saturated carbocycles. The third kappa shape index (κ3) is 1.61. The van der Waals surface area contributed by atoms with Crippen LogP contribution in [0, 0.1) is 0 Å². The lowest BCUT2D eigenvalue weighted by atomic mass is 10.1. The fourth-order valence-electron chi connectivity index (χ4n) is 1.40.